The van der Waals surface area contributed by atoms with Gasteiger partial charge in [-0.1, -0.05) is 22.0 Å². The first kappa shape index (κ1) is 15.2. The Hall–Kier alpha value is -1.23. The van der Waals surface area contributed by atoms with E-state index in [1.807, 2.05) is 20.8 Å². The van der Waals surface area contributed by atoms with Crippen molar-refractivity contribution in [3.63, 3.8) is 0 Å². The molecule has 4 nitrogen and oxygen atoms in total. The summed E-state index contributed by atoms with van der Waals surface area (Å²) in [6, 6.07) is 6.65. The van der Waals surface area contributed by atoms with E-state index >= 15 is 0 Å². The van der Waals surface area contributed by atoms with Gasteiger partial charge in [-0.3, -0.25) is 0 Å². The largest absolute Gasteiger partial charge is 0.444 e. The smallest absolute Gasteiger partial charge is 0.407 e. The second-order valence-corrected chi connectivity index (χ2v) is 6.98. The van der Waals surface area contributed by atoms with E-state index in [9.17, 15) is 4.79 Å². The monoisotopic (exact) mass is 340 g/mol. The van der Waals surface area contributed by atoms with Gasteiger partial charge in [-0.05, 0) is 51.3 Å². The molecule has 20 heavy (non-hydrogen) atoms. The van der Waals surface area contributed by atoms with Crippen molar-refractivity contribution in [1.82, 2.24) is 5.32 Å². The van der Waals surface area contributed by atoms with E-state index in [0.29, 0.717) is 12.6 Å². The lowest BCUT2D eigenvalue weighted by Gasteiger charge is -2.20. The van der Waals surface area contributed by atoms with Crippen LogP contribution in [0.15, 0.2) is 22.7 Å². The third-order valence-electron chi connectivity index (χ3n) is 3.06. The molecule has 0 saturated heterocycles. The Kier molecular flexibility index (Phi) is 4.58. The SMILES string of the molecule is CC(C)(C)OC(=O)NCCC1Cc2ccc(Br)cc2N1. The van der Waals surface area contributed by atoms with Crippen LogP contribution in [0.3, 0.4) is 0 Å². The van der Waals surface area contributed by atoms with Crippen LogP contribution in [0.1, 0.15) is 32.8 Å². The van der Waals surface area contributed by atoms with E-state index in [-0.39, 0.29) is 6.09 Å². The average Bonchev–Trinajstić information content (AvgIpc) is 2.68. The molecule has 2 N–H and O–H groups in total. The van der Waals surface area contributed by atoms with Crippen LogP contribution in [0.4, 0.5) is 10.5 Å². The van der Waals surface area contributed by atoms with Crippen LogP contribution < -0.4 is 10.6 Å². The maximum absolute atomic E-state index is 11.5. The summed E-state index contributed by atoms with van der Waals surface area (Å²) in [6.45, 7) is 6.19. The topological polar surface area (TPSA) is 50.4 Å². The van der Waals surface area contributed by atoms with Gasteiger partial charge < -0.3 is 15.4 Å². The molecule has 0 saturated carbocycles. The van der Waals surface area contributed by atoms with Crippen molar-refractivity contribution in [3.8, 4) is 0 Å². The van der Waals surface area contributed by atoms with Gasteiger partial charge in [-0.2, -0.15) is 0 Å². The highest BCUT2D eigenvalue weighted by Crippen LogP contribution is 2.29. The fourth-order valence-corrected chi connectivity index (χ4v) is 2.60. The van der Waals surface area contributed by atoms with Crippen LogP contribution in [-0.2, 0) is 11.2 Å². The van der Waals surface area contributed by atoms with E-state index in [1.54, 1.807) is 0 Å². The highest BCUT2D eigenvalue weighted by molar-refractivity contribution is 9.10. The minimum Gasteiger partial charge on any atom is -0.444 e. The molecule has 1 unspecified atom stereocenters. The number of hydrogen-bond acceptors (Lipinski definition) is 3. The first-order valence-electron chi connectivity index (χ1n) is 6.85. The van der Waals surface area contributed by atoms with E-state index in [1.165, 1.54) is 11.3 Å². The fourth-order valence-electron chi connectivity index (χ4n) is 2.23. The molecule has 0 radical (unpaired) electrons. The lowest BCUT2D eigenvalue weighted by atomic mass is 10.1. The van der Waals surface area contributed by atoms with Crippen LogP contribution in [0.5, 0.6) is 0 Å². The maximum Gasteiger partial charge on any atom is 0.407 e. The Bertz CT molecular complexity index is 497. The van der Waals surface area contributed by atoms with Crippen LogP contribution in [0, 0.1) is 0 Å². The van der Waals surface area contributed by atoms with Gasteiger partial charge in [0.2, 0.25) is 0 Å². The summed E-state index contributed by atoms with van der Waals surface area (Å²) in [5, 5.41) is 6.27. The minimum atomic E-state index is -0.446. The molecule has 5 heteroatoms. The Morgan fingerprint density at radius 2 is 2.25 bits per heavy atom. The quantitative estimate of drug-likeness (QED) is 0.881. The summed E-state index contributed by atoms with van der Waals surface area (Å²) in [5.74, 6) is 0. The highest BCUT2D eigenvalue weighted by atomic mass is 79.9. The molecule has 0 fully saturated rings. The molecule has 2 rings (SSSR count). The van der Waals surface area contributed by atoms with Crippen molar-refractivity contribution in [1.29, 1.82) is 0 Å². The van der Waals surface area contributed by atoms with Gasteiger partial charge in [0.05, 0.1) is 0 Å². The normalized spacial score (nSPS) is 17.3. The summed E-state index contributed by atoms with van der Waals surface area (Å²) in [6.07, 6.45) is 1.53. The molecule has 0 spiro atoms. The molecule has 1 amide bonds. The molecular formula is C15H21BrN2O2. The zero-order valence-corrected chi connectivity index (χ0v) is 13.7. The van der Waals surface area contributed by atoms with Gasteiger partial charge in [0, 0.05) is 22.7 Å². The molecule has 1 heterocycles. The van der Waals surface area contributed by atoms with Crippen molar-refractivity contribution >= 4 is 27.7 Å². The van der Waals surface area contributed by atoms with Gasteiger partial charge >= 0.3 is 6.09 Å². The summed E-state index contributed by atoms with van der Waals surface area (Å²) in [4.78, 5) is 11.5. The van der Waals surface area contributed by atoms with Gasteiger partial charge in [-0.15, -0.1) is 0 Å². The zero-order valence-electron chi connectivity index (χ0n) is 12.1. The number of carbonyl (C=O) groups is 1. The number of anilines is 1. The van der Waals surface area contributed by atoms with Crippen molar-refractivity contribution in [2.24, 2.45) is 0 Å². The van der Waals surface area contributed by atoms with Crippen molar-refractivity contribution in [3.05, 3.63) is 28.2 Å². The Labute approximate surface area is 128 Å². The molecule has 0 aromatic heterocycles. The second kappa shape index (κ2) is 6.04. The van der Waals surface area contributed by atoms with Crippen molar-refractivity contribution in [2.75, 3.05) is 11.9 Å². The number of benzene rings is 1. The molecular weight excluding hydrogens is 320 g/mol. The number of carbonyl (C=O) groups excluding carboxylic acids is 1. The van der Waals surface area contributed by atoms with Crippen LogP contribution >= 0.6 is 15.9 Å². The predicted octanol–water partition coefficient (Wildman–Crippen LogP) is 3.70. The van der Waals surface area contributed by atoms with Crippen LogP contribution in [0.2, 0.25) is 0 Å². The number of nitrogens with one attached hydrogen (secondary N) is 2. The third-order valence-corrected chi connectivity index (χ3v) is 3.55. The lowest BCUT2D eigenvalue weighted by molar-refractivity contribution is 0.0527. The summed E-state index contributed by atoms with van der Waals surface area (Å²) in [5.41, 5.74) is 2.06. The maximum atomic E-state index is 11.5. The van der Waals surface area contributed by atoms with E-state index in [0.717, 1.165) is 17.3 Å². The van der Waals surface area contributed by atoms with Crippen molar-refractivity contribution in [2.45, 2.75) is 45.3 Å². The van der Waals surface area contributed by atoms with E-state index < -0.39 is 5.60 Å². The first-order chi connectivity index (χ1) is 9.33. The van der Waals surface area contributed by atoms with Crippen LogP contribution in [0.25, 0.3) is 0 Å². The summed E-state index contributed by atoms with van der Waals surface area (Å²) >= 11 is 3.47. The summed E-state index contributed by atoms with van der Waals surface area (Å²) < 4.78 is 6.28. The Balaban J connectivity index is 1.74. The first-order valence-corrected chi connectivity index (χ1v) is 7.64. The number of ether oxygens (including phenoxy) is 1. The minimum absolute atomic E-state index is 0.351. The van der Waals surface area contributed by atoms with Gasteiger partial charge in [0.15, 0.2) is 0 Å². The number of amides is 1. The standard InChI is InChI=1S/C15H21BrN2O2/c1-15(2,3)20-14(19)17-7-6-12-8-10-4-5-11(16)9-13(10)18-12/h4-5,9,12,18H,6-8H2,1-3H3,(H,17,19). The highest BCUT2D eigenvalue weighted by Gasteiger charge is 2.21. The number of halogens is 1. The number of rotatable bonds is 3. The van der Waals surface area contributed by atoms with Crippen LogP contribution in [-0.4, -0.2) is 24.3 Å². The Morgan fingerprint density at radius 3 is 2.95 bits per heavy atom. The number of hydrogen-bond donors (Lipinski definition) is 2. The number of fused-ring (bicyclic) bond motifs is 1. The van der Waals surface area contributed by atoms with Gasteiger partial charge in [-0.25, -0.2) is 4.79 Å². The second-order valence-electron chi connectivity index (χ2n) is 6.06. The molecule has 0 bridgehead atoms. The molecule has 1 aromatic rings. The van der Waals surface area contributed by atoms with E-state index in [2.05, 4.69) is 44.8 Å². The predicted molar refractivity (Wildman–Crippen MR) is 84.1 cm³/mol. The van der Waals surface area contributed by atoms with Gasteiger partial charge in [0.25, 0.3) is 0 Å². The lowest BCUT2D eigenvalue weighted by Crippen LogP contribution is -2.34. The number of alkyl carbamates (subject to hydrolysis) is 1. The molecule has 1 aliphatic heterocycles. The Morgan fingerprint density at radius 1 is 1.50 bits per heavy atom. The van der Waals surface area contributed by atoms with Crippen molar-refractivity contribution < 1.29 is 9.53 Å². The third kappa shape index (κ3) is 4.40. The molecule has 1 aliphatic rings. The zero-order chi connectivity index (χ0) is 14.8. The molecule has 1 aromatic carbocycles. The van der Waals surface area contributed by atoms with Gasteiger partial charge in [0.1, 0.15) is 5.60 Å². The van der Waals surface area contributed by atoms with E-state index in [4.69, 9.17) is 4.74 Å². The average molecular weight is 341 g/mol. The fraction of sp³-hybridized carbons (Fsp3) is 0.533. The summed E-state index contributed by atoms with van der Waals surface area (Å²) in [7, 11) is 0. The molecule has 110 valence electrons. The molecule has 0 aliphatic carbocycles. The molecule has 1 atom stereocenters.